The van der Waals surface area contributed by atoms with E-state index in [4.69, 9.17) is 27.9 Å². The zero-order valence-electron chi connectivity index (χ0n) is 12.0. The van der Waals surface area contributed by atoms with E-state index in [2.05, 4.69) is 11.9 Å². The van der Waals surface area contributed by atoms with Gasteiger partial charge in [0, 0.05) is 22.9 Å². The number of fused-ring (bicyclic) bond motifs is 1. The van der Waals surface area contributed by atoms with Gasteiger partial charge in [0.05, 0.1) is 10.5 Å². The first-order chi connectivity index (χ1) is 10.1. The lowest BCUT2D eigenvalue weighted by atomic mass is 10.1. The molecule has 1 aromatic heterocycles. The molecule has 21 heavy (non-hydrogen) atoms. The van der Waals surface area contributed by atoms with Gasteiger partial charge in [-0.25, -0.2) is 0 Å². The Morgan fingerprint density at radius 1 is 1.14 bits per heavy atom. The molecule has 0 radical (unpaired) electrons. The number of carbonyl (C=O) groups is 1. The van der Waals surface area contributed by atoms with Crippen molar-refractivity contribution in [1.82, 2.24) is 4.98 Å². The predicted molar refractivity (Wildman–Crippen MR) is 87.3 cm³/mol. The second-order valence-corrected chi connectivity index (χ2v) is 5.96. The predicted octanol–water partition coefficient (Wildman–Crippen LogP) is 5.74. The third-order valence-corrected chi connectivity index (χ3v) is 3.87. The van der Waals surface area contributed by atoms with E-state index in [9.17, 15) is 4.79 Å². The van der Waals surface area contributed by atoms with Gasteiger partial charge in [0.1, 0.15) is 0 Å². The summed E-state index contributed by atoms with van der Waals surface area (Å²) in [4.78, 5) is 14.8. The van der Waals surface area contributed by atoms with E-state index >= 15 is 0 Å². The number of ether oxygens (including phenoxy) is 1. The summed E-state index contributed by atoms with van der Waals surface area (Å²) >= 11 is 12.0. The molecular formula is C16H19Cl2NO2. The minimum absolute atomic E-state index is 0.222. The third-order valence-electron chi connectivity index (χ3n) is 3.34. The van der Waals surface area contributed by atoms with Crippen molar-refractivity contribution >= 4 is 40.1 Å². The molecule has 0 atom stereocenters. The Balaban J connectivity index is 1.91. The van der Waals surface area contributed by atoms with Gasteiger partial charge in [-0.05, 0) is 18.6 Å². The molecule has 5 heteroatoms. The molecule has 0 aliphatic heterocycles. The molecule has 2 rings (SSSR count). The molecule has 2 aromatic rings. The van der Waals surface area contributed by atoms with E-state index in [1.807, 2.05) is 0 Å². The molecule has 114 valence electrons. The van der Waals surface area contributed by atoms with Crippen molar-refractivity contribution < 1.29 is 9.53 Å². The van der Waals surface area contributed by atoms with Gasteiger partial charge in [-0.2, -0.15) is 0 Å². The summed E-state index contributed by atoms with van der Waals surface area (Å²) in [7, 11) is 0. The number of rotatable bonds is 7. The molecule has 0 unspecified atom stereocenters. The number of aromatic nitrogens is 1. The summed E-state index contributed by atoms with van der Waals surface area (Å²) in [6, 6.07) is 5.15. The lowest BCUT2D eigenvalue weighted by Gasteiger charge is -2.01. The Bertz CT molecular complexity index is 622. The second-order valence-electron chi connectivity index (χ2n) is 5.12. The normalized spacial score (nSPS) is 11.0. The molecule has 0 amide bonds. The van der Waals surface area contributed by atoms with Crippen molar-refractivity contribution in [2.75, 3.05) is 0 Å². The highest BCUT2D eigenvalue weighted by molar-refractivity contribution is 6.38. The van der Waals surface area contributed by atoms with E-state index in [-0.39, 0.29) is 5.97 Å². The molecule has 0 fully saturated rings. The molecule has 1 N–H and O–H groups in total. The monoisotopic (exact) mass is 327 g/mol. The van der Waals surface area contributed by atoms with Gasteiger partial charge < -0.3 is 9.72 Å². The van der Waals surface area contributed by atoms with Crippen molar-refractivity contribution in [1.29, 1.82) is 0 Å². The minimum Gasteiger partial charge on any atom is -0.409 e. The Kier molecular flexibility index (Phi) is 5.95. The number of H-pyrrole nitrogens is 1. The van der Waals surface area contributed by atoms with Gasteiger partial charge in [0.2, 0.25) is 5.88 Å². The summed E-state index contributed by atoms with van der Waals surface area (Å²) < 4.78 is 5.30. The van der Waals surface area contributed by atoms with E-state index in [1.54, 1.807) is 18.2 Å². The van der Waals surface area contributed by atoms with Crippen LogP contribution in [0.3, 0.4) is 0 Å². The Morgan fingerprint density at radius 2 is 1.90 bits per heavy atom. The Hall–Kier alpha value is -1.19. The minimum atomic E-state index is -0.222. The maximum atomic E-state index is 11.8. The number of unbranched alkanes of at least 4 members (excludes halogenated alkanes) is 4. The van der Waals surface area contributed by atoms with Crippen molar-refractivity contribution in [3.63, 3.8) is 0 Å². The number of benzene rings is 1. The second kappa shape index (κ2) is 7.71. The van der Waals surface area contributed by atoms with E-state index < -0.39 is 0 Å². The largest absolute Gasteiger partial charge is 0.409 e. The summed E-state index contributed by atoms with van der Waals surface area (Å²) in [5, 5.41) is 1.88. The number of carbonyl (C=O) groups excluding carboxylic acids is 1. The van der Waals surface area contributed by atoms with Gasteiger partial charge >= 0.3 is 5.97 Å². The number of nitrogens with one attached hydrogen (secondary N) is 1. The highest BCUT2D eigenvalue weighted by Crippen LogP contribution is 2.30. The standard InChI is InChI=1S/C16H19Cl2NO2/c1-2-3-4-5-6-7-16(20)21-15-10-12-13(18)8-11(17)9-14(12)19-15/h8-10,19H,2-7H2,1H3. The smallest absolute Gasteiger partial charge is 0.312 e. The molecule has 0 saturated carbocycles. The van der Waals surface area contributed by atoms with Crippen LogP contribution in [0.25, 0.3) is 10.9 Å². The first kappa shape index (κ1) is 16.2. The summed E-state index contributed by atoms with van der Waals surface area (Å²) in [6.45, 7) is 2.17. The summed E-state index contributed by atoms with van der Waals surface area (Å²) in [5.41, 5.74) is 0.762. The molecule has 0 aliphatic rings. The van der Waals surface area contributed by atoms with Crippen molar-refractivity contribution in [2.24, 2.45) is 0 Å². The van der Waals surface area contributed by atoms with Gasteiger partial charge in [-0.15, -0.1) is 0 Å². The maximum absolute atomic E-state index is 11.8. The molecule has 0 saturated heterocycles. The molecule has 0 bridgehead atoms. The number of aromatic amines is 1. The number of halogens is 2. The van der Waals surface area contributed by atoms with Crippen LogP contribution >= 0.6 is 23.2 Å². The van der Waals surface area contributed by atoms with Crippen LogP contribution in [0.1, 0.15) is 45.4 Å². The van der Waals surface area contributed by atoms with E-state index in [0.29, 0.717) is 22.3 Å². The maximum Gasteiger partial charge on any atom is 0.312 e. The topological polar surface area (TPSA) is 42.1 Å². The van der Waals surface area contributed by atoms with Gasteiger partial charge in [0.15, 0.2) is 0 Å². The van der Waals surface area contributed by atoms with Crippen LogP contribution in [0.5, 0.6) is 5.88 Å². The quantitative estimate of drug-likeness (QED) is 0.520. The zero-order chi connectivity index (χ0) is 15.2. The lowest BCUT2D eigenvalue weighted by Crippen LogP contribution is -2.07. The zero-order valence-corrected chi connectivity index (χ0v) is 13.6. The highest BCUT2D eigenvalue weighted by Gasteiger charge is 2.10. The van der Waals surface area contributed by atoms with Crippen molar-refractivity contribution in [3.8, 4) is 5.88 Å². The van der Waals surface area contributed by atoms with Gasteiger partial charge in [-0.3, -0.25) is 4.79 Å². The fourth-order valence-electron chi connectivity index (χ4n) is 2.24. The average Bonchev–Trinajstić information content (AvgIpc) is 2.81. The molecule has 0 aliphatic carbocycles. The fourth-order valence-corrected chi connectivity index (χ4v) is 2.78. The fraction of sp³-hybridized carbons (Fsp3) is 0.438. The van der Waals surface area contributed by atoms with E-state index in [1.165, 1.54) is 19.3 Å². The summed E-state index contributed by atoms with van der Waals surface area (Å²) in [6.07, 6.45) is 5.96. The van der Waals surface area contributed by atoms with Crippen LogP contribution in [0.15, 0.2) is 18.2 Å². The van der Waals surface area contributed by atoms with Crippen LogP contribution < -0.4 is 4.74 Å². The average molecular weight is 328 g/mol. The number of esters is 1. The Labute approximate surface area is 134 Å². The van der Waals surface area contributed by atoms with Crippen molar-refractivity contribution in [3.05, 3.63) is 28.2 Å². The first-order valence-corrected chi connectivity index (χ1v) is 8.04. The van der Waals surface area contributed by atoms with Gasteiger partial charge in [0.25, 0.3) is 0 Å². The van der Waals surface area contributed by atoms with Gasteiger partial charge in [-0.1, -0.05) is 55.8 Å². The number of hydrogen-bond acceptors (Lipinski definition) is 2. The Morgan fingerprint density at radius 3 is 2.67 bits per heavy atom. The highest BCUT2D eigenvalue weighted by atomic mass is 35.5. The lowest BCUT2D eigenvalue weighted by molar-refractivity contribution is -0.134. The van der Waals surface area contributed by atoms with Crippen molar-refractivity contribution in [2.45, 2.75) is 45.4 Å². The van der Waals surface area contributed by atoms with Crippen LogP contribution in [0, 0.1) is 0 Å². The van der Waals surface area contributed by atoms with E-state index in [0.717, 1.165) is 23.7 Å². The molecule has 1 aromatic carbocycles. The van der Waals surface area contributed by atoms with Crippen LogP contribution in [-0.4, -0.2) is 11.0 Å². The molecule has 3 nitrogen and oxygen atoms in total. The third kappa shape index (κ3) is 4.65. The van der Waals surface area contributed by atoms with Crippen LogP contribution in [0.4, 0.5) is 0 Å². The first-order valence-electron chi connectivity index (χ1n) is 7.28. The molecular weight excluding hydrogens is 309 g/mol. The number of hydrogen-bond donors (Lipinski definition) is 1. The SMILES string of the molecule is CCCCCCCC(=O)Oc1cc2c(Cl)cc(Cl)cc2[nH]1. The summed E-state index contributed by atoms with van der Waals surface area (Å²) in [5.74, 6) is 0.188. The van der Waals surface area contributed by atoms with Crippen LogP contribution in [-0.2, 0) is 4.79 Å². The molecule has 0 spiro atoms. The van der Waals surface area contributed by atoms with Crippen LogP contribution in [0.2, 0.25) is 10.0 Å². The molecule has 1 heterocycles.